The van der Waals surface area contributed by atoms with Gasteiger partial charge >= 0.3 is 0 Å². The van der Waals surface area contributed by atoms with Gasteiger partial charge < -0.3 is 5.73 Å². The predicted octanol–water partition coefficient (Wildman–Crippen LogP) is 3.57. The van der Waals surface area contributed by atoms with Gasteiger partial charge in [0.05, 0.1) is 0 Å². The summed E-state index contributed by atoms with van der Waals surface area (Å²) < 4.78 is 2.19. The molecule has 1 rings (SSSR count). The number of rotatable bonds is 3. The van der Waals surface area contributed by atoms with Crippen LogP contribution < -0.4 is 5.73 Å². The van der Waals surface area contributed by atoms with Gasteiger partial charge in [-0.25, -0.2) is 0 Å². The highest BCUT2D eigenvalue weighted by Crippen LogP contribution is 2.22. The Balaban J connectivity index is 2.81. The van der Waals surface area contributed by atoms with Gasteiger partial charge in [0.1, 0.15) is 0 Å². The van der Waals surface area contributed by atoms with Crippen LogP contribution in [0.15, 0.2) is 33.2 Å². The van der Waals surface area contributed by atoms with Crippen LogP contribution in [-0.4, -0.2) is 6.54 Å². The summed E-state index contributed by atoms with van der Waals surface area (Å²) in [5.41, 5.74) is 6.56. The van der Waals surface area contributed by atoms with Crippen LogP contribution in [0.4, 0.5) is 0 Å². The van der Waals surface area contributed by atoms with Gasteiger partial charge in [0.15, 0.2) is 0 Å². The molecule has 70 valence electrons. The molecular weight excluding hydrogens is 294 g/mol. The van der Waals surface area contributed by atoms with Crippen LogP contribution in [-0.2, 0) is 0 Å². The summed E-state index contributed by atoms with van der Waals surface area (Å²) in [6.45, 7) is 0.697. The van der Waals surface area contributed by atoms with Crippen molar-refractivity contribution in [3.8, 4) is 0 Å². The fourth-order valence-corrected chi connectivity index (χ4v) is 1.71. The van der Waals surface area contributed by atoms with E-state index >= 15 is 0 Å². The van der Waals surface area contributed by atoms with Crippen molar-refractivity contribution in [2.45, 2.75) is 6.42 Å². The number of benzene rings is 1. The summed E-state index contributed by atoms with van der Waals surface area (Å²) in [5.74, 6) is 0. The van der Waals surface area contributed by atoms with Gasteiger partial charge in [0.25, 0.3) is 0 Å². The van der Waals surface area contributed by atoms with E-state index in [0.717, 1.165) is 15.4 Å². The zero-order valence-electron chi connectivity index (χ0n) is 7.13. The molecule has 0 heterocycles. The molecule has 13 heavy (non-hydrogen) atoms. The molecule has 0 fully saturated rings. The zero-order chi connectivity index (χ0) is 9.68. The van der Waals surface area contributed by atoms with Gasteiger partial charge in [-0.2, -0.15) is 0 Å². The van der Waals surface area contributed by atoms with Crippen molar-refractivity contribution in [2.24, 2.45) is 5.73 Å². The molecule has 0 amide bonds. The first-order valence-electron chi connectivity index (χ1n) is 4.05. The summed E-state index contributed by atoms with van der Waals surface area (Å²) in [6.07, 6.45) is 5.06. The van der Waals surface area contributed by atoms with E-state index in [1.807, 2.05) is 12.1 Å². The van der Waals surface area contributed by atoms with E-state index in [4.69, 9.17) is 5.73 Å². The summed E-state index contributed by atoms with van der Waals surface area (Å²) in [7, 11) is 0. The van der Waals surface area contributed by atoms with Crippen molar-refractivity contribution in [1.29, 1.82) is 0 Å². The lowest BCUT2D eigenvalue weighted by atomic mass is 10.2. The molecule has 1 aromatic rings. The molecule has 0 aliphatic rings. The average Bonchev–Trinajstić information content (AvgIpc) is 2.11. The minimum Gasteiger partial charge on any atom is -0.330 e. The molecule has 0 saturated heterocycles. The van der Waals surface area contributed by atoms with E-state index in [0.29, 0.717) is 6.54 Å². The highest BCUT2D eigenvalue weighted by Gasteiger charge is 1.95. The van der Waals surface area contributed by atoms with Gasteiger partial charge in [-0.3, -0.25) is 0 Å². The van der Waals surface area contributed by atoms with E-state index in [-0.39, 0.29) is 0 Å². The van der Waals surface area contributed by atoms with Crippen molar-refractivity contribution in [3.63, 3.8) is 0 Å². The van der Waals surface area contributed by atoms with Gasteiger partial charge in [-0.05, 0) is 36.7 Å². The second-order valence-electron chi connectivity index (χ2n) is 2.65. The summed E-state index contributed by atoms with van der Waals surface area (Å²) in [6, 6.07) is 6.09. The largest absolute Gasteiger partial charge is 0.330 e. The molecule has 0 atom stereocenters. The van der Waals surface area contributed by atoms with Crippen LogP contribution in [0.1, 0.15) is 12.0 Å². The minimum absolute atomic E-state index is 0.697. The van der Waals surface area contributed by atoms with Crippen LogP contribution in [0, 0.1) is 0 Å². The maximum Gasteiger partial charge on any atom is 0.0248 e. The number of hydrogen-bond donors (Lipinski definition) is 1. The molecular formula is C10H11Br2N. The van der Waals surface area contributed by atoms with E-state index < -0.39 is 0 Å². The molecule has 2 N–H and O–H groups in total. The Morgan fingerprint density at radius 1 is 1.31 bits per heavy atom. The molecule has 0 aromatic heterocycles. The van der Waals surface area contributed by atoms with E-state index in [2.05, 4.69) is 50.1 Å². The Labute approximate surface area is 95.3 Å². The number of halogens is 2. The summed E-state index contributed by atoms with van der Waals surface area (Å²) in [4.78, 5) is 0. The average molecular weight is 305 g/mol. The Hall–Kier alpha value is -0.120. The van der Waals surface area contributed by atoms with E-state index in [1.54, 1.807) is 0 Å². The van der Waals surface area contributed by atoms with Gasteiger partial charge in [-0.15, -0.1) is 0 Å². The van der Waals surface area contributed by atoms with Crippen molar-refractivity contribution < 1.29 is 0 Å². The first kappa shape index (κ1) is 11.0. The fraction of sp³-hybridized carbons (Fsp3) is 0.200. The Kier molecular flexibility index (Phi) is 4.70. The number of hydrogen-bond acceptors (Lipinski definition) is 1. The van der Waals surface area contributed by atoms with Crippen molar-refractivity contribution in [1.82, 2.24) is 0 Å². The third kappa shape index (κ3) is 3.63. The lowest BCUT2D eigenvalue weighted by Crippen LogP contribution is -1.94. The smallest absolute Gasteiger partial charge is 0.0248 e. The molecule has 0 aliphatic heterocycles. The van der Waals surface area contributed by atoms with Gasteiger partial charge in [-0.1, -0.05) is 44.0 Å². The van der Waals surface area contributed by atoms with Crippen LogP contribution in [0.3, 0.4) is 0 Å². The zero-order valence-corrected chi connectivity index (χ0v) is 10.3. The SMILES string of the molecule is NCCC=Cc1cc(Br)ccc1Br. The van der Waals surface area contributed by atoms with Crippen molar-refractivity contribution in [3.05, 3.63) is 38.8 Å². The molecule has 1 aromatic carbocycles. The standard InChI is InChI=1S/C10H11Br2N/c11-9-4-5-10(12)8(7-9)3-1-2-6-13/h1,3-5,7H,2,6,13H2. The molecule has 0 aliphatic carbocycles. The quantitative estimate of drug-likeness (QED) is 0.907. The maximum atomic E-state index is 5.39. The van der Waals surface area contributed by atoms with Crippen LogP contribution in [0.25, 0.3) is 6.08 Å². The van der Waals surface area contributed by atoms with Crippen LogP contribution >= 0.6 is 31.9 Å². The molecule has 1 nitrogen and oxygen atoms in total. The second kappa shape index (κ2) is 5.58. The van der Waals surface area contributed by atoms with Crippen molar-refractivity contribution in [2.75, 3.05) is 6.54 Å². The highest BCUT2D eigenvalue weighted by atomic mass is 79.9. The van der Waals surface area contributed by atoms with Crippen LogP contribution in [0.5, 0.6) is 0 Å². The first-order valence-corrected chi connectivity index (χ1v) is 5.64. The van der Waals surface area contributed by atoms with Gasteiger partial charge in [0.2, 0.25) is 0 Å². The fourth-order valence-electron chi connectivity index (χ4n) is 0.949. The second-order valence-corrected chi connectivity index (χ2v) is 4.42. The Morgan fingerprint density at radius 2 is 2.08 bits per heavy atom. The molecule has 0 unspecified atom stereocenters. The summed E-state index contributed by atoms with van der Waals surface area (Å²) >= 11 is 6.91. The van der Waals surface area contributed by atoms with E-state index in [1.165, 1.54) is 5.56 Å². The van der Waals surface area contributed by atoms with E-state index in [9.17, 15) is 0 Å². The van der Waals surface area contributed by atoms with Crippen molar-refractivity contribution >= 4 is 37.9 Å². The third-order valence-corrected chi connectivity index (χ3v) is 2.80. The Morgan fingerprint density at radius 3 is 2.77 bits per heavy atom. The topological polar surface area (TPSA) is 26.0 Å². The van der Waals surface area contributed by atoms with Gasteiger partial charge in [0, 0.05) is 8.95 Å². The Bertz CT molecular complexity index is 308. The highest BCUT2D eigenvalue weighted by molar-refractivity contribution is 9.11. The molecule has 0 saturated carbocycles. The lowest BCUT2D eigenvalue weighted by molar-refractivity contribution is 1.01. The first-order chi connectivity index (χ1) is 6.24. The molecule has 3 heteroatoms. The molecule has 0 spiro atoms. The number of nitrogens with two attached hydrogens (primary N) is 1. The monoisotopic (exact) mass is 303 g/mol. The third-order valence-electron chi connectivity index (χ3n) is 1.59. The molecule has 0 radical (unpaired) electrons. The lowest BCUT2D eigenvalue weighted by Gasteiger charge is -1.98. The predicted molar refractivity (Wildman–Crippen MR) is 64.5 cm³/mol. The normalized spacial score (nSPS) is 11.0. The molecule has 0 bridgehead atoms. The van der Waals surface area contributed by atoms with Crippen LogP contribution in [0.2, 0.25) is 0 Å². The minimum atomic E-state index is 0.697. The summed E-state index contributed by atoms with van der Waals surface area (Å²) in [5, 5.41) is 0. The maximum absolute atomic E-state index is 5.39.